The summed E-state index contributed by atoms with van der Waals surface area (Å²) in [6, 6.07) is 0.255. The number of thiazole rings is 1. The molecule has 1 aromatic heterocycles. The highest BCUT2D eigenvalue weighted by molar-refractivity contribution is 7.15. The van der Waals surface area contributed by atoms with E-state index in [9.17, 15) is 4.79 Å². The maximum absolute atomic E-state index is 12.0. The molecule has 0 aromatic carbocycles. The number of nitrogens with zero attached hydrogens (tertiary/aromatic N) is 1. The number of fused-ring (bicyclic) bond motifs is 1. The van der Waals surface area contributed by atoms with E-state index in [1.165, 1.54) is 4.88 Å². The largest absolute Gasteiger partial charge is 0.375 e. The first kappa shape index (κ1) is 17.5. The smallest absolute Gasteiger partial charge is 0.237 e. The van der Waals surface area contributed by atoms with Crippen LogP contribution >= 0.6 is 36.2 Å². The fourth-order valence-corrected chi connectivity index (χ4v) is 3.69. The molecular formula is C12H20Cl2N4OS. The monoisotopic (exact) mass is 338 g/mol. The highest BCUT2D eigenvalue weighted by Crippen LogP contribution is 2.28. The summed E-state index contributed by atoms with van der Waals surface area (Å²) >= 11 is 1.55. The molecule has 0 spiro atoms. The molecule has 4 N–H and O–H groups in total. The van der Waals surface area contributed by atoms with Crippen molar-refractivity contribution in [2.75, 3.05) is 12.3 Å². The minimum absolute atomic E-state index is 0. The van der Waals surface area contributed by atoms with E-state index in [1.807, 2.05) is 0 Å². The molecule has 1 aromatic rings. The summed E-state index contributed by atoms with van der Waals surface area (Å²) in [5.41, 5.74) is 6.84. The van der Waals surface area contributed by atoms with Gasteiger partial charge < -0.3 is 16.4 Å². The van der Waals surface area contributed by atoms with Gasteiger partial charge in [0.05, 0.1) is 11.7 Å². The number of rotatable bonds is 2. The Morgan fingerprint density at radius 3 is 2.90 bits per heavy atom. The summed E-state index contributed by atoms with van der Waals surface area (Å²) in [7, 11) is 0. The van der Waals surface area contributed by atoms with Gasteiger partial charge in [0.15, 0.2) is 5.13 Å². The zero-order valence-corrected chi connectivity index (χ0v) is 13.5. The topological polar surface area (TPSA) is 80.0 Å². The van der Waals surface area contributed by atoms with Crippen LogP contribution in [0.4, 0.5) is 5.13 Å². The number of nitrogen functional groups attached to an aromatic ring is 1. The first-order valence-corrected chi connectivity index (χ1v) is 7.32. The lowest BCUT2D eigenvalue weighted by Crippen LogP contribution is -2.46. The van der Waals surface area contributed by atoms with Crippen LogP contribution in [0.3, 0.4) is 0 Å². The van der Waals surface area contributed by atoms with E-state index in [1.54, 1.807) is 11.3 Å². The summed E-state index contributed by atoms with van der Waals surface area (Å²) in [5.74, 6) is 0.151. The van der Waals surface area contributed by atoms with Gasteiger partial charge in [-0.15, -0.1) is 36.2 Å². The van der Waals surface area contributed by atoms with Crippen LogP contribution in [0, 0.1) is 0 Å². The van der Waals surface area contributed by atoms with Crippen LogP contribution in [-0.2, 0) is 17.6 Å². The first-order valence-electron chi connectivity index (χ1n) is 6.50. The molecule has 114 valence electrons. The molecule has 0 bridgehead atoms. The minimum atomic E-state index is 0. The number of halogens is 2. The normalized spacial score (nSPS) is 24.2. The number of carbonyl (C=O) groups is 1. The summed E-state index contributed by atoms with van der Waals surface area (Å²) in [4.78, 5) is 17.6. The van der Waals surface area contributed by atoms with Crippen molar-refractivity contribution in [3.05, 3.63) is 10.6 Å². The second-order valence-corrected chi connectivity index (χ2v) is 6.13. The molecule has 5 nitrogen and oxygen atoms in total. The average Bonchev–Trinajstić information content (AvgIpc) is 2.95. The van der Waals surface area contributed by atoms with Crippen molar-refractivity contribution in [3.8, 4) is 0 Å². The van der Waals surface area contributed by atoms with Crippen molar-refractivity contribution >= 4 is 47.2 Å². The first-order chi connectivity index (χ1) is 8.72. The van der Waals surface area contributed by atoms with Crippen LogP contribution in [0.15, 0.2) is 0 Å². The number of aromatic nitrogens is 1. The highest BCUT2D eigenvalue weighted by atomic mass is 35.5. The molecule has 0 saturated carbocycles. The third kappa shape index (κ3) is 3.75. The van der Waals surface area contributed by atoms with Crippen LogP contribution in [-0.4, -0.2) is 29.5 Å². The SMILES string of the molecule is Cl.Cl.Nc1nc2c(s1)CC(NC(=O)C1CCCN1)CC2. The lowest BCUT2D eigenvalue weighted by Gasteiger charge is -2.23. The molecule has 1 aliphatic carbocycles. The third-order valence-corrected chi connectivity index (χ3v) is 4.63. The second kappa shape index (κ2) is 7.45. The van der Waals surface area contributed by atoms with Gasteiger partial charge >= 0.3 is 0 Å². The molecule has 0 radical (unpaired) electrons. The maximum atomic E-state index is 12.0. The van der Waals surface area contributed by atoms with Crippen molar-refractivity contribution in [3.63, 3.8) is 0 Å². The maximum Gasteiger partial charge on any atom is 0.237 e. The van der Waals surface area contributed by atoms with Crippen LogP contribution in [0.1, 0.15) is 29.8 Å². The Balaban J connectivity index is 0.000001000. The molecular weight excluding hydrogens is 319 g/mol. The van der Waals surface area contributed by atoms with Gasteiger partial charge in [0.1, 0.15) is 0 Å². The number of hydrogen-bond donors (Lipinski definition) is 3. The van der Waals surface area contributed by atoms with Crippen LogP contribution < -0.4 is 16.4 Å². The van der Waals surface area contributed by atoms with E-state index < -0.39 is 0 Å². The number of hydrogen-bond acceptors (Lipinski definition) is 5. The molecule has 1 fully saturated rings. The van der Waals surface area contributed by atoms with Crippen molar-refractivity contribution in [2.45, 2.75) is 44.2 Å². The number of amides is 1. The molecule has 3 rings (SSSR count). The number of anilines is 1. The fraction of sp³-hybridized carbons (Fsp3) is 0.667. The van der Waals surface area contributed by atoms with Gasteiger partial charge in [0.25, 0.3) is 0 Å². The molecule has 2 atom stereocenters. The quantitative estimate of drug-likeness (QED) is 0.759. The van der Waals surface area contributed by atoms with E-state index in [0.717, 1.165) is 44.3 Å². The van der Waals surface area contributed by atoms with Gasteiger partial charge in [-0.2, -0.15) is 0 Å². The van der Waals surface area contributed by atoms with Crippen molar-refractivity contribution in [1.29, 1.82) is 0 Å². The third-order valence-electron chi connectivity index (χ3n) is 3.68. The van der Waals surface area contributed by atoms with Crippen LogP contribution in [0.5, 0.6) is 0 Å². The van der Waals surface area contributed by atoms with Gasteiger partial charge in [0, 0.05) is 17.3 Å². The summed E-state index contributed by atoms with van der Waals surface area (Å²) in [6.07, 6.45) is 4.82. The molecule has 1 saturated heterocycles. The van der Waals surface area contributed by atoms with Gasteiger partial charge in [-0.1, -0.05) is 0 Å². The lowest BCUT2D eigenvalue weighted by atomic mass is 9.97. The Labute approximate surface area is 134 Å². The summed E-state index contributed by atoms with van der Waals surface area (Å²) in [5, 5.41) is 7.02. The van der Waals surface area contributed by atoms with E-state index in [-0.39, 0.29) is 42.8 Å². The molecule has 1 aliphatic heterocycles. The zero-order valence-electron chi connectivity index (χ0n) is 11.1. The molecule has 8 heteroatoms. The summed E-state index contributed by atoms with van der Waals surface area (Å²) in [6.45, 7) is 0.957. The standard InChI is InChI=1S/C12H18N4OS.2ClH/c13-12-16-8-4-3-7(6-10(8)18-12)15-11(17)9-2-1-5-14-9;;/h7,9,14H,1-6H2,(H2,13,16)(H,15,17);2*1H. The van der Waals surface area contributed by atoms with Crippen LogP contribution in [0.2, 0.25) is 0 Å². The van der Waals surface area contributed by atoms with Crippen LogP contribution in [0.25, 0.3) is 0 Å². The average molecular weight is 339 g/mol. The Bertz CT molecular complexity index is 462. The zero-order chi connectivity index (χ0) is 12.5. The van der Waals surface area contributed by atoms with Gasteiger partial charge in [-0.25, -0.2) is 4.98 Å². The molecule has 1 amide bonds. The van der Waals surface area contributed by atoms with Gasteiger partial charge in [-0.3, -0.25) is 4.79 Å². The molecule has 2 unspecified atom stereocenters. The Hall–Kier alpha value is -0.560. The number of aryl methyl sites for hydroxylation is 1. The molecule has 2 heterocycles. The number of nitrogens with one attached hydrogen (secondary N) is 2. The number of nitrogens with two attached hydrogens (primary N) is 1. The Morgan fingerprint density at radius 2 is 2.20 bits per heavy atom. The van der Waals surface area contributed by atoms with Gasteiger partial charge in [0.2, 0.25) is 5.91 Å². The minimum Gasteiger partial charge on any atom is -0.375 e. The van der Waals surface area contributed by atoms with E-state index in [0.29, 0.717) is 5.13 Å². The molecule has 2 aliphatic rings. The predicted molar refractivity (Wildman–Crippen MR) is 86.0 cm³/mol. The second-order valence-electron chi connectivity index (χ2n) is 5.02. The van der Waals surface area contributed by atoms with Crippen molar-refractivity contribution in [1.82, 2.24) is 15.6 Å². The molecule has 20 heavy (non-hydrogen) atoms. The van der Waals surface area contributed by atoms with E-state index in [2.05, 4.69) is 15.6 Å². The summed E-state index contributed by atoms with van der Waals surface area (Å²) < 4.78 is 0. The Morgan fingerprint density at radius 1 is 1.40 bits per heavy atom. The van der Waals surface area contributed by atoms with Gasteiger partial charge in [-0.05, 0) is 32.2 Å². The highest BCUT2D eigenvalue weighted by Gasteiger charge is 2.27. The van der Waals surface area contributed by atoms with E-state index in [4.69, 9.17) is 5.73 Å². The predicted octanol–water partition coefficient (Wildman–Crippen LogP) is 1.29. The fourth-order valence-electron chi connectivity index (χ4n) is 2.73. The number of carbonyl (C=O) groups excluding carboxylic acids is 1. The van der Waals surface area contributed by atoms with E-state index >= 15 is 0 Å². The van der Waals surface area contributed by atoms with Crippen molar-refractivity contribution < 1.29 is 4.79 Å². The Kier molecular flexibility index (Phi) is 6.51. The lowest BCUT2D eigenvalue weighted by molar-refractivity contribution is -0.123. The van der Waals surface area contributed by atoms with Crippen molar-refractivity contribution in [2.24, 2.45) is 0 Å².